The summed E-state index contributed by atoms with van der Waals surface area (Å²) < 4.78 is 0. The molecule has 1 N–H and O–H groups in total. The second-order valence-corrected chi connectivity index (χ2v) is 7.33. The number of nitrogens with one attached hydrogen (secondary N) is 1. The van der Waals surface area contributed by atoms with Gasteiger partial charge >= 0.3 is 0 Å². The number of amides is 2. The van der Waals surface area contributed by atoms with Crippen LogP contribution in [0.2, 0.25) is 5.02 Å². The third kappa shape index (κ3) is 2.60. The second-order valence-electron chi connectivity index (χ2n) is 6.93. The van der Waals surface area contributed by atoms with Crippen LogP contribution >= 0.6 is 11.6 Å². The number of hydrogen-bond acceptors (Lipinski definition) is 5. The van der Waals surface area contributed by atoms with Gasteiger partial charge in [-0.25, -0.2) is 4.90 Å². The molecular weight excluding hydrogens is 378 g/mol. The van der Waals surface area contributed by atoms with Crippen molar-refractivity contribution in [3.05, 3.63) is 69.9 Å². The zero-order valence-electron chi connectivity index (χ0n) is 15.6. The van der Waals surface area contributed by atoms with E-state index in [0.717, 1.165) is 10.5 Å². The van der Waals surface area contributed by atoms with Crippen LogP contribution in [0.15, 0.2) is 53.7 Å². The Kier molecular flexibility index (Phi) is 4.23. The minimum Gasteiger partial charge on any atom is -0.293 e. The Balaban J connectivity index is 1.84. The molecular formula is C21H18ClN3O3. The van der Waals surface area contributed by atoms with Crippen LogP contribution in [0.25, 0.3) is 0 Å². The van der Waals surface area contributed by atoms with E-state index in [1.807, 2.05) is 31.2 Å². The molecule has 2 aromatic carbocycles. The van der Waals surface area contributed by atoms with Crippen LogP contribution in [-0.4, -0.2) is 23.6 Å². The molecule has 1 saturated heterocycles. The van der Waals surface area contributed by atoms with Gasteiger partial charge in [-0.3, -0.25) is 24.8 Å². The van der Waals surface area contributed by atoms with Crippen molar-refractivity contribution in [2.45, 2.75) is 26.8 Å². The standard InChI is InChI=1S/C21H18ClN3O3/c1-11-7-9-14(10-8-11)25-19-17(18(23-25)13(3)26)20(27)24(21(19)28)16-6-4-5-15(22)12(16)2/h4-10,19,23H,1-3H3/t19-/m0/s1. The number of carbonyl (C=O) groups is 3. The van der Waals surface area contributed by atoms with Gasteiger partial charge in [-0.05, 0) is 43.7 Å². The van der Waals surface area contributed by atoms with Crippen molar-refractivity contribution in [3.8, 4) is 0 Å². The molecule has 6 nitrogen and oxygen atoms in total. The van der Waals surface area contributed by atoms with E-state index in [4.69, 9.17) is 11.6 Å². The average Bonchev–Trinajstić information content (AvgIpc) is 3.16. The van der Waals surface area contributed by atoms with Gasteiger partial charge in [-0.1, -0.05) is 35.4 Å². The Hall–Kier alpha value is -3.12. The fourth-order valence-corrected chi connectivity index (χ4v) is 3.74. The summed E-state index contributed by atoms with van der Waals surface area (Å²) in [5.41, 5.74) is 6.07. The third-order valence-electron chi connectivity index (χ3n) is 5.07. The molecule has 2 aromatic rings. The van der Waals surface area contributed by atoms with Crippen molar-refractivity contribution < 1.29 is 14.4 Å². The Morgan fingerprint density at radius 2 is 1.75 bits per heavy atom. The maximum absolute atomic E-state index is 13.3. The lowest BCUT2D eigenvalue weighted by Gasteiger charge is -2.26. The maximum Gasteiger partial charge on any atom is 0.266 e. The molecule has 2 aliphatic rings. The van der Waals surface area contributed by atoms with E-state index in [-0.39, 0.29) is 17.1 Å². The van der Waals surface area contributed by atoms with Crippen LogP contribution < -0.4 is 15.3 Å². The van der Waals surface area contributed by atoms with Crippen LogP contribution in [-0.2, 0) is 14.4 Å². The van der Waals surface area contributed by atoms with Gasteiger partial charge in [0.1, 0.15) is 5.70 Å². The molecule has 142 valence electrons. The summed E-state index contributed by atoms with van der Waals surface area (Å²) in [6.07, 6.45) is 0. The van der Waals surface area contributed by atoms with E-state index in [9.17, 15) is 14.4 Å². The number of halogens is 1. The van der Waals surface area contributed by atoms with Crippen LogP contribution in [0.5, 0.6) is 0 Å². The van der Waals surface area contributed by atoms with Gasteiger partial charge in [0, 0.05) is 11.9 Å². The number of ketones is 1. The van der Waals surface area contributed by atoms with E-state index in [0.29, 0.717) is 22.0 Å². The Morgan fingerprint density at radius 3 is 2.39 bits per heavy atom. The molecule has 7 heteroatoms. The predicted molar refractivity (Wildman–Crippen MR) is 107 cm³/mol. The smallest absolute Gasteiger partial charge is 0.266 e. The summed E-state index contributed by atoms with van der Waals surface area (Å²) in [6, 6.07) is 11.7. The number of Topliss-reactive ketones (excluding diaryl/α,β-unsaturated/α-hetero) is 1. The van der Waals surface area contributed by atoms with Gasteiger partial charge in [-0.15, -0.1) is 0 Å². The van der Waals surface area contributed by atoms with Crippen LogP contribution in [0.1, 0.15) is 18.1 Å². The first kappa shape index (κ1) is 18.3. The Labute approximate surface area is 167 Å². The van der Waals surface area contributed by atoms with Crippen molar-refractivity contribution in [2.24, 2.45) is 0 Å². The second kappa shape index (κ2) is 6.49. The monoisotopic (exact) mass is 395 g/mol. The van der Waals surface area contributed by atoms with Crippen LogP contribution in [0.4, 0.5) is 11.4 Å². The molecule has 0 bridgehead atoms. The van der Waals surface area contributed by atoms with Gasteiger partial charge in [0.2, 0.25) is 0 Å². The molecule has 2 heterocycles. The van der Waals surface area contributed by atoms with E-state index < -0.39 is 17.9 Å². The molecule has 0 unspecified atom stereocenters. The average molecular weight is 396 g/mol. The van der Waals surface area contributed by atoms with Gasteiger partial charge < -0.3 is 0 Å². The van der Waals surface area contributed by atoms with Crippen molar-refractivity contribution in [1.29, 1.82) is 0 Å². The minimum atomic E-state index is -0.910. The number of nitrogens with zero attached hydrogens (tertiary/aromatic N) is 2. The molecule has 2 aliphatic heterocycles. The Bertz CT molecular complexity index is 1060. The third-order valence-corrected chi connectivity index (χ3v) is 5.47. The van der Waals surface area contributed by atoms with Crippen LogP contribution in [0.3, 0.4) is 0 Å². The highest BCUT2D eigenvalue weighted by Crippen LogP contribution is 2.38. The molecule has 0 radical (unpaired) electrons. The zero-order chi connectivity index (χ0) is 20.2. The number of anilines is 2. The van der Waals surface area contributed by atoms with E-state index in [1.165, 1.54) is 6.92 Å². The molecule has 28 heavy (non-hydrogen) atoms. The Morgan fingerprint density at radius 1 is 1.07 bits per heavy atom. The molecule has 2 amide bonds. The first-order valence-electron chi connectivity index (χ1n) is 8.82. The molecule has 0 aromatic heterocycles. The summed E-state index contributed by atoms with van der Waals surface area (Å²) >= 11 is 6.19. The van der Waals surface area contributed by atoms with Crippen molar-refractivity contribution in [3.63, 3.8) is 0 Å². The number of aryl methyl sites for hydroxylation is 1. The summed E-state index contributed by atoms with van der Waals surface area (Å²) in [7, 11) is 0. The number of hydrogen-bond donors (Lipinski definition) is 1. The van der Waals surface area contributed by atoms with Gasteiger partial charge in [0.15, 0.2) is 11.8 Å². The zero-order valence-corrected chi connectivity index (χ0v) is 16.4. The van der Waals surface area contributed by atoms with Crippen molar-refractivity contribution >= 4 is 40.6 Å². The fourth-order valence-electron chi connectivity index (χ4n) is 3.57. The summed E-state index contributed by atoms with van der Waals surface area (Å²) in [5.74, 6) is -1.23. The van der Waals surface area contributed by atoms with Crippen molar-refractivity contribution in [2.75, 3.05) is 9.91 Å². The lowest BCUT2D eigenvalue weighted by molar-refractivity contribution is -0.121. The SMILES string of the molecule is CC(=O)C1=C2C(=O)N(c3cccc(Cl)c3C)C(=O)[C@H]2N(c2ccc(C)cc2)N1. The number of fused-ring (bicyclic) bond motifs is 1. The normalized spacial score (nSPS) is 18.6. The summed E-state index contributed by atoms with van der Waals surface area (Å²) in [5, 5.41) is 2.04. The molecule has 1 atom stereocenters. The molecule has 0 aliphatic carbocycles. The van der Waals surface area contributed by atoms with Gasteiger partial charge in [-0.2, -0.15) is 0 Å². The lowest BCUT2D eigenvalue weighted by Crippen LogP contribution is -2.46. The summed E-state index contributed by atoms with van der Waals surface area (Å²) in [4.78, 5) is 39.8. The largest absolute Gasteiger partial charge is 0.293 e. The number of benzene rings is 2. The van der Waals surface area contributed by atoms with Crippen LogP contribution in [0, 0.1) is 13.8 Å². The van der Waals surface area contributed by atoms with E-state index >= 15 is 0 Å². The molecule has 4 rings (SSSR count). The van der Waals surface area contributed by atoms with Gasteiger partial charge in [0.25, 0.3) is 11.8 Å². The lowest BCUT2D eigenvalue weighted by atomic mass is 10.1. The topological polar surface area (TPSA) is 69.7 Å². The predicted octanol–water partition coefficient (Wildman–Crippen LogP) is 3.07. The molecule has 0 spiro atoms. The number of allylic oxidation sites excluding steroid dienone is 1. The number of rotatable bonds is 3. The maximum atomic E-state index is 13.3. The number of imide groups is 1. The van der Waals surface area contributed by atoms with Gasteiger partial charge in [0.05, 0.1) is 16.9 Å². The first-order valence-corrected chi connectivity index (χ1v) is 9.20. The highest BCUT2D eigenvalue weighted by atomic mass is 35.5. The molecule has 0 saturated carbocycles. The molecule has 1 fully saturated rings. The van der Waals surface area contributed by atoms with Crippen molar-refractivity contribution in [1.82, 2.24) is 5.43 Å². The quantitative estimate of drug-likeness (QED) is 0.809. The number of carbonyl (C=O) groups excluding carboxylic acids is 3. The van der Waals surface area contributed by atoms with E-state index in [2.05, 4.69) is 5.43 Å². The highest BCUT2D eigenvalue weighted by Gasteiger charge is 2.53. The number of hydrazine groups is 1. The first-order chi connectivity index (χ1) is 13.3. The fraction of sp³-hybridized carbons (Fsp3) is 0.190. The minimum absolute atomic E-state index is 0.145. The van der Waals surface area contributed by atoms with E-state index in [1.54, 1.807) is 30.1 Å². The highest BCUT2D eigenvalue weighted by molar-refractivity contribution is 6.36. The summed E-state index contributed by atoms with van der Waals surface area (Å²) in [6.45, 7) is 5.08.